The van der Waals surface area contributed by atoms with Crippen LogP contribution in [0.2, 0.25) is 0 Å². The number of hydrogen-bond donors (Lipinski definition) is 0. The van der Waals surface area contributed by atoms with Crippen molar-refractivity contribution >= 4 is 39.8 Å². The van der Waals surface area contributed by atoms with Crippen LogP contribution < -0.4 is 0 Å². The third-order valence-corrected chi connectivity index (χ3v) is 26.3. The number of benzene rings is 6. The normalized spacial score (nSPS) is 25.9. The largest absolute Gasteiger partial charge is 0.294 e. The van der Waals surface area contributed by atoms with E-state index in [2.05, 4.69) is 213 Å². The summed E-state index contributed by atoms with van der Waals surface area (Å²) < 4.78 is 0. The molecule has 2 spiro atoms. The lowest BCUT2D eigenvalue weighted by Crippen LogP contribution is -2.54. The first-order valence-electron chi connectivity index (χ1n) is 29.7. The molecule has 5 saturated carbocycles. The van der Waals surface area contributed by atoms with E-state index in [1.54, 1.807) is 29.2 Å². The maximum atomic E-state index is 12.3. The molecule has 400 valence electrons. The summed E-state index contributed by atoms with van der Waals surface area (Å²) in [5.74, 6) is 1.53. The number of thiophene rings is 3. The molecule has 3 heterocycles. The van der Waals surface area contributed by atoms with Gasteiger partial charge in [0.1, 0.15) is 0 Å². The molecule has 9 aromatic rings. The first kappa shape index (κ1) is 50.8. The van der Waals surface area contributed by atoms with E-state index in [9.17, 15) is 4.79 Å². The van der Waals surface area contributed by atoms with Gasteiger partial charge in [0.15, 0.2) is 5.78 Å². The van der Waals surface area contributed by atoms with Crippen molar-refractivity contribution in [3.63, 3.8) is 0 Å². The minimum atomic E-state index is -0.0568. The molecule has 3 aromatic heterocycles. The zero-order valence-corrected chi connectivity index (χ0v) is 50.3. The van der Waals surface area contributed by atoms with Crippen molar-refractivity contribution in [3.8, 4) is 84.9 Å². The molecule has 6 aromatic carbocycles. The Hall–Kier alpha value is -6.17. The molecule has 0 atom stereocenters. The van der Waals surface area contributed by atoms with Gasteiger partial charge in [-0.15, -0.1) is 34.0 Å². The highest BCUT2D eigenvalue weighted by molar-refractivity contribution is 7.25. The van der Waals surface area contributed by atoms with Gasteiger partial charge >= 0.3 is 0 Å². The quantitative estimate of drug-likeness (QED) is 0.132. The number of carbonyl (C=O) groups excluding carboxylic acids is 1. The smallest absolute Gasteiger partial charge is 0.162 e. The highest BCUT2D eigenvalue weighted by Gasteiger charge is 2.72. The fraction of sp³-hybridized carbons (Fsp3) is 0.329. The van der Waals surface area contributed by atoms with Gasteiger partial charge in [-0.05, 0) is 242 Å². The molecule has 4 bridgehead atoms. The lowest BCUT2D eigenvalue weighted by molar-refractivity contribution is -0.114. The van der Waals surface area contributed by atoms with Crippen LogP contribution in [0.4, 0.5) is 0 Å². The molecule has 4 heteroatoms. The predicted molar refractivity (Wildman–Crippen MR) is 341 cm³/mol. The van der Waals surface area contributed by atoms with Crippen LogP contribution in [0, 0.1) is 40.4 Å². The van der Waals surface area contributed by atoms with Crippen molar-refractivity contribution in [1.82, 2.24) is 0 Å². The van der Waals surface area contributed by atoms with E-state index in [1.807, 2.05) is 34.0 Å². The number of carbonyl (C=O) groups is 1. The second-order valence-corrected chi connectivity index (χ2v) is 30.3. The monoisotopic (exact) mass is 1100 g/mol. The van der Waals surface area contributed by atoms with Gasteiger partial charge in [-0.2, -0.15) is 0 Å². The summed E-state index contributed by atoms with van der Waals surface area (Å²) in [6, 6.07) is 61.6. The first-order chi connectivity index (χ1) is 38.4. The summed E-state index contributed by atoms with van der Waals surface area (Å²) in [7, 11) is 0. The number of ketones is 1. The Bertz CT molecular complexity index is 3990. The maximum absolute atomic E-state index is 12.3. The number of hydrogen-bond acceptors (Lipinski definition) is 4. The van der Waals surface area contributed by atoms with E-state index >= 15 is 0 Å². The Kier molecular flexibility index (Phi) is 11.2. The first-order valence-corrected chi connectivity index (χ1v) is 32.1. The van der Waals surface area contributed by atoms with Crippen molar-refractivity contribution in [1.29, 1.82) is 0 Å². The molecule has 16 rings (SSSR count). The fourth-order valence-electron chi connectivity index (χ4n) is 18.6. The molecule has 0 unspecified atom stereocenters. The van der Waals surface area contributed by atoms with Gasteiger partial charge in [-0.25, -0.2) is 0 Å². The number of allylic oxidation sites excluding steroid dienone is 1. The maximum Gasteiger partial charge on any atom is 0.162 e. The van der Waals surface area contributed by atoms with E-state index in [-0.39, 0.29) is 38.3 Å². The molecular weight excluding hydrogens is 1030 g/mol. The van der Waals surface area contributed by atoms with E-state index in [0.29, 0.717) is 12.0 Å². The van der Waals surface area contributed by atoms with Crippen LogP contribution in [-0.2, 0) is 22.0 Å². The zero-order valence-electron chi connectivity index (χ0n) is 47.9. The van der Waals surface area contributed by atoms with Crippen LogP contribution >= 0.6 is 34.0 Å². The van der Waals surface area contributed by atoms with Crippen LogP contribution in [0.5, 0.6) is 0 Å². The van der Waals surface area contributed by atoms with Crippen LogP contribution in [0.25, 0.3) is 84.9 Å². The second kappa shape index (κ2) is 17.7. The molecule has 0 saturated heterocycles. The topological polar surface area (TPSA) is 17.1 Å². The molecule has 1 nitrogen and oxygen atoms in total. The minimum absolute atomic E-state index is 0.0386. The van der Waals surface area contributed by atoms with E-state index in [1.165, 1.54) is 136 Å². The van der Waals surface area contributed by atoms with Crippen molar-refractivity contribution in [2.45, 2.75) is 124 Å². The zero-order chi connectivity index (χ0) is 54.9. The Balaban J connectivity index is 0.732. The summed E-state index contributed by atoms with van der Waals surface area (Å²) in [5, 5.41) is 0. The summed E-state index contributed by atoms with van der Waals surface area (Å²) in [5.41, 5.74) is 23.3. The van der Waals surface area contributed by atoms with Crippen LogP contribution in [0.3, 0.4) is 0 Å². The van der Waals surface area contributed by atoms with Gasteiger partial charge in [-0.1, -0.05) is 157 Å². The highest BCUT2D eigenvalue weighted by atomic mass is 32.1. The summed E-state index contributed by atoms with van der Waals surface area (Å²) >= 11 is 5.83. The van der Waals surface area contributed by atoms with Crippen molar-refractivity contribution in [2.24, 2.45) is 33.5 Å². The lowest BCUT2D eigenvalue weighted by atomic mass is 9.46. The average Bonchev–Trinajstić information content (AvgIpc) is 1.82. The molecule has 0 amide bonds. The highest BCUT2D eigenvalue weighted by Crippen LogP contribution is 2.79. The van der Waals surface area contributed by atoms with Gasteiger partial charge in [0.05, 0.1) is 0 Å². The molecule has 7 aliphatic rings. The van der Waals surface area contributed by atoms with Crippen molar-refractivity contribution in [2.75, 3.05) is 0 Å². The molecular formula is C76H72OS3. The van der Waals surface area contributed by atoms with Gasteiger partial charge in [0.2, 0.25) is 0 Å². The standard InChI is InChI=1S/C76H72OS3/c1-45(2)64(77)41-47-11-13-48(14-12-47)49-15-17-50(18-16-49)65-30-31-66(78-65)52-20-28-58-59-29-21-53(44-63(59)76(62(58)43-52)73(8)36-38-74(76,9)39-37-73)68-33-35-70(80-68)69-34-32-67(79-69)51-19-27-57-56-26-10-46(3)40-60(56)75(61(57)42-51)71(4,5)54-22-24-55(25-23-54)72(75,6)7/h10-21,26-35,40,42-44,54-55H,1,22-25,36-39,41H2,2-9H3. The second-order valence-electron chi connectivity index (χ2n) is 27.1. The van der Waals surface area contributed by atoms with Crippen LogP contribution in [0.1, 0.15) is 133 Å². The third-order valence-electron chi connectivity index (χ3n) is 22.6. The SMILES string of the molecule is C=C(C)C(=O)Cc1ccc(-c2ccc(-c3ccc(-c4ccc5c(c4)C4(c6cc(-c7ccc(-c8ccc(-c9ccc%10c(c9)C9(c%11cc(C)ccc%11-%10)C(C)(C)C%10CCC(CC%10)C9(C)C)s8)s7)ccc6-5)C5(C)CCC4(C)CC5)s3)cc2)cc1. The number of rotatable bonds is 9. The Morgan fingerprint density at radius 2 is 0.762 bits per heavy atom. The van der Waals surface area contributed by atoms with E-state index in [0.717, 1.165) is 23.0 Å². The summed E-state index contributed by atoms with van der Waals surface area (Å²) in [6.45, 7) is 23.8. The number of Topliss-reactive ketones (excluding diaryl/α,β-unsaturated/α-hetero) is 1. The average molecular weight is 1100 g/mol. The van der Waals surface area contributed by atoms with E-state index in [4.69, 9.17) is 0 Å². The molecule has 0 aliphatic heterocycles. The molecule has 5 fully saturated rings. The molecule has 80 heavy (non-hydrogen) atoms. The summed E-state index contributed by atoms with van der Waals surface area (Å²) in [6.07, 6.45) is 10.9. The lowest BCUT2D eigenvalue weighted by Gasteiger charge is -2.57. The van der Waals surface area contributed by atoms with Crippen molar-refractivity contribution in [3.05, 3.63) is 203 Å². The Labute approximate surface area is 486 Å². The summed E-state index contributed by atoms with van der Waals surface area (Å²) in [4.78, 5) is 20.3. The van der Waals surface area contributed by atoms with Crippen molar-refractivity contribution < 1.29 is 4.79 Å². The van der Waals surface area contributed by atoms with Gasteiger partial charge in [0.25, 0.3) is 0 Å². The van der Waals surface area contributed by atoms with Crippen LogP contribution in [-0.4, -0.2) is 5.78 Å². The minimum Gasteiger partial charge on any atom is -0.294 e. The third kappa shape index (κ3) is 6.88. The number of fused-ring (bicyclic) bond motifs is 8. The van der Waals surface area contributed by atoms with Gasteiger partial charge in [-0.3, -0.25) is 4.79 Å². The molecule has 7 aliphatic carbocycles. The van der Waals surface area contributed by atoms with Crippen LogP contribution in [0.15, 0.2) is 170 Å². The van der Waals surface area contributed by atoms with E-state index < -0.39 is 0 Å². The Morgan fingerprint density at radius 1 is 0.425 bits per heavy atom. The Morgan fingerprint density at radius 3 is 1.20 bits per heavy atom. The fourth-order valence-corrected chi connectivity index (χ4v) is 21.7. The number of aryl methyl sites for hydroxylation is 1. The van der Waals surface area contributed by atoms with Gasteiger partial charge < -0.3 is 0 Å². The molecule has 0 radical (unpaired) electrons. The van der Waals surface area contributed by atoms with Gasteiger partial charge in [0, 0.05) is 46.5 Å². The predicted octanol–water partition coefficient (Wildman–Crippen LogP) is 21.9. The molecule has 0 N–H and O–H groups in total.